The van der Waals surface area contributed by atoms with E-state index < -0.39 is 17.8 Å². The zero-order valence-electron chi connectivity index (χ0n) is 13.9. The molecule has 7 nitrogen and oxygen atoms in total. The maximum absolute atomic E-state index is 12.6. The smallest absolute Gasteiger partial charge is 0.340 e. The molecule has 0 atom stereocenters. The van der Waals surface area contributed by atoms with Crippen LogP contribution < -0.4 is 9.64 Å². The zero-order valence-corrected chi connectivity index (χ0v) is 13.9. The molecule has 0 aliphatic carbocycles. The fourth-order valence-corrected chi connectivity index (χ4v) is 2.99. The van der Waals surface area contributed by atoms with Gasteiger partial charge < -0.3 is 4.74 Å². The molecule has 0 spiro atoms. The molecule has 2 heterocycles. The topological polar surface area (TPSA) is 70.2 Å². The number of methoxy groups -OCH3 is 1. The third-order valence-electron chi connectivity index (χ3n) is 4.60. The van der Waals surface area contributed by atoms with Gasteiger partial charge in [-0.1, -0.05) is 6.92 Å². The van der Waals surface area contributed by atoms with Crippen molar-refractivity contribution in [3.05, 3.63) is 24.3 Å². The van der Waals surface area contributed by atoms with E-state index in [0.717, 1.165) is 35.7 Å². The quantitative estimate of drug-likeness (QED) is 0.620. The maximum atomic E-state index is 12.6. The number of carbonyl (C=O) groups is 3. The van der Waals surface area contributed by atoms with Gasteiger partial charge in [-0.05, 0) is 43.0 Å². The Morgan fingerprint density at radius 3 is 2.25 bits per heavy atom. The van der Waals surface area contributed by atoms with Crippen LogP contribution in [-0.2, 0) is 9.59 Å². The maximum Gasteiger partial charge on any atom is 0.340 e. The molecule has 1 aromatic rings. The van der Waals surface area contributed by atoms with Crippen molar-refractivity contribution in [3.8, 4) is 5.75 Å². The van der Waals surface area contributed by atoms with Crippen LogP contribution in [0.3, 0.4) is 0 Å². The molecule has 24 heavy (non-hydrogen) atoms. The monoisotopic (exact) mass is 331 g/mol. The number of piperidine rings is 1. The summed E-state index contributed by atoms with van der Waals surface area (Å²) in [5, 5.41) is 0. The molecule has 0 bridgehead atoms. The normalized spacial score (nSPS) is 20.2. The van der Waals surface area contributed by atoms with E-state index in [1.807, 2.05) is 4.90 Å². The average Bonchev–Trinajstić information content (AvgIpc) is 2.80. The van der Waals surface area contributed by atoms with Crippen LogP contribution in [0.25, 0.3) is 0 Å². The highest BCUT2D eigenvalue weighted by atomic mass is 16.5. The summed E-state index contributed by atoms with van der Waals surface area (Å²) in [5.74, 6) is -0.308. The number of anilines is 1. The number of imide groups is 2. The standard InChI is InChI=1S/C17H21N3O4/c1-12-7-9-18(10-8-12)11-19-15(21)16(22)20(17(19)23)13-3-5-14(24-2)6-4-13/h3-6,12H,7-11H2,1-2H3. The molecule has 2 saturated heterocycles. The van der Waals surface area contributed by atoms with Crippen molar-refractivity contribution in [2.75, 3.05) is 31.8 Å². The molecule has 2 fully saturated rings. The summed E-state index contributed by atoms with van der Waals surface area (Å²) in [6.07, 6.45) is 2.07. The van der Waals surface area contributed by atoms with E-state index >= 15 is 0 Å². The van der Waals surface area contributed by atoms with Gasteiger partial charge in [0.25, 0.3) is 0 Å². The first kappa shape index (κ1) is 16.4. The summed E-state index contributed by atoms with van der Waals surface area (Å²) in [6, 6.07) is 5.89. The lowest BCUT2D eigenvalue weighted by atomic mass is 10.00. The number of ether oxygens (including phenoxy) is 1. The van der Waals surface area contributed by atoms with Crippen LogP contribution in [0, 0.1) is 5.92 Å². The molecule has 1 aromatic carbocycles. The van der Waals surface area contributed by atoms with E-state index in [4.69, 9.17) is 4.74 Å². The van der Waals surface area contributed by atoms with Crippen molar-refractivity contribution in [1.29, 1.82) is 0 Å². The number of rotatable bonds is 4. The van der Waals surface area contributed by atoms with Crippen LogP contribution in [0.1, 0.15) is 19.8 Å². The van der Waals surface area contributed by atoms with Crippen LogP contribution in [0.2, 0.25) is 0 Å². The number of amides is 4. The van der Waals surface area contributed by atoms with Gasteiger partial charge in [0.1, 0.15) is 5.75 Å². The van der Waals surface area contributed by atoms with Gasteiger partial charge in [-0.3, -0.25) is 14.5 Å². The van der Waals surface area contributed by atoms with Gasteiger partial charge >= 0.3 is 17.8 Å². The minimum Gasteiger partial charge on any atom is -0.497 e. The minimum absolute atomic E-state index is 0.169. The van der Waals surface area contributed by atoms with Crippen molar-refractivity contribution in [2.24, 2.45) is 5.92 Å². The Labute approximate surface area is 140 Å². The predicted octanol–water partition coefficient (Wildman–Crippen LogP) is 1.68. The largest absolute Gasteiger partial charge is 0.497 e. The van der Waals surface area contributed by atoms with E-state index in [1.54, 1.807) is 24.3 Å². The molecule has 0 radical (unpaired) electrons. The summed E-state index contributed by atoms with van der Waals surface area (Å²) < 4.78 is 5.06. The van der Waals surface area contributed by atoms with Crippen molar-refractivity contribution in [3.63, 3.8) is 0 Å². The fourth-order valence-electron chi connectivity index (χ4n) is 2.99. The van der Waals surface area contributed by atoms with Gasteiger partial charge in [0, 0.05) is 13.1 Å². The Kier molecular flexibility index (Phi) is 4.53. The Morgan fingerprint density at radius 2 is 1.67 bits per heavy atom. The van der Waals surface area contributed by atoms with Crippen molar-refractivity contribution in [1.82, 2.24) is 9.80 Å². The lowest BCUT2D eigenvalue weighted by Gasteiger charge is -2.32. The van der Waals surface area contributed by atoms with Gasteiger partial charge in [0.05, 0.1) is 19.5 Å². The molecule has 3 rings (SSSR count). The van der Waals surface area contributed by atoms with Crippen LogP contribution in [-0.4, -0.2) is 54.5 Å². The first-order chi connectivity index (χ1) is 11.5. The Balaban J connectivity index is 1.74. The number of hydrogen-bond donors (Lipinski definition) is 0. The lowest BCUT2D eigenvalue weighted by molar-refractivity contribution is -0.140. The Hall–Kier alpha value is -2.41. The van der Waals surface area contributed by atoms with E-state index in [-0.39, 0.29) is 6.67 Å². The number of carbonyl (C=O) groups excluding carboxylic acids is 3. The number of hydrogen-bond acceptors (Lipinski definition) is 5. The molecule has 0 saturated carbocycles. The van der Waals surface area contributed by atoms with Gasteiger partial charge in [-0.2, -0.15) is 0 Å². The predicted molar refractivity (Wildman–Crippen MR) is 87.6 cm³/mol. The Morgan fingerprint density at radius 1 is 1.04 bits per heavy atom. The van der Waals surface area contributed by atoms with Crippen molar-refractivity contribution >= 4 is 23.5 Å². The molecule has 2 aliphatic heterocycles. The average molecular weight is 331 g/mol. The van der Waals surface area contributed by atoms with E-state index in [1.165, 1.54) is 7.11 Å². The van der Waals surface area contributed by atoms with Crippen molar-refractivity contribution < 1.29 is 19.1 Å². The molecular formula is C17H21N3O4. The molecule has 4 amide bonds. The number of likely N-dealkylation sites (tertiary alicyclic amines) is 1. The second kappa shape index (κ2) is 6.60. The molecule has 0 unspecified atom stereocenters. The SMILES string of the molecule is COc1ccc(N2C(=O)C(=O)N(CN3CCC(C)CC3)C2=O)cc1. The molecule has 2 aliphatic rings. The highest BCUT2D eigenvalue weighted by molar-refractivity contribution is 6.52. The fraction of sp³-hybridized carbons (Fsp3) is 0.471. The van der Waals surface area contributed by atoms with E-state index in [2.05, 4.69) is 6.92 Å². The molecular weight excluding hydrogens is 310 g/mol. The first-order valence-electron chi connectivity index (χ1n) is 8.07. The molecule has 128 valence electrons. The summed E-state index contributed by atoms with van der Waals surface area (Å²) >= 11 is 0. The Bertz CT molecular complexity index is 650. The van der Waals surface area contributed by atoms with Crippen LogP contribution in [0.5, 0.6) is 5.75 Å². The molecule has 0 N–H and O–H groups in total. The van der Waals surface area contributed by atoms with Crippen LogP contribution in [0.15, 0.2) is 24.3 Å². The number of urea groups is 1. The van der Waals surface area contributed by atoms with Gasteiger partial charge in [-0.15, -0.1) is 0 Å². The summed E-state index contributed by atoms with van der Waals surface area (Å²) in [4.78, 5) is 41.0. The van der Waals surface area contributed by atoms with Gasteiger partial charge in [0.2, 0.25) is 0 Å². The third kappa shape index (κ3) is 2.99. The van der Waals surface area contributed by atoms with Gasteiger partial charge in [0.15, 0.2) is 0 Å². The van der Waals surface area contributed by atoms with Crippen LogP contribution >= 0.6 is 0 Å². The number of nitrogens with zero attached hydrogens (tertiary/aromatic N) is 3. The third-order valence-corrected chi connectivity index (χ3v) is 4.60. The highest BCUT2D eigenvalue weighted by Gasteiger charge is 2.46. The van der Waals surface area contributed by atoms with E-state index in [0.29, 0.717) is 17.4 Å². The number of benzene rings is 1. The minimum atomic E-state index is -0.810. The summed E-state index contributed by atoms with van der Waals surface area (Å²) in [6.45, 7) is 4.02. The van der Waals surface area contributed by atoms with E-state index in [9.17, 15) is 14.4 Å². The summed E-state index contributed by atoms with van der Waals surface area (Å²) in [7, 11) is 1.53. The molecule has 0 aromatic heterocycles. The summed E-state index contributed by atoms with van der Waals surface area (Å²) in [5.41, 5.74) is 0.369. The first-order valence-corrected chi connectivity index (χ1v) is 8.07. The van der Waals surface area contributed by atoms with Gasteiger partial charge in [-0.25, -0.2) is 14.6 Å². The second-order valence-corrected chi connectivity index (χ2v) is 6.30. The lowest BCUT2D eigenvalue weighted by Crippen LogP contribution is -2.45. The second-order valence-electron chi connectivity index (χ2n) is 6.30. The van der Waals surface area contributed by atoms with Crippen molar-refractivity contribution in [2.45, 2.75) is 19.8 Å². The zero-order chi connectivity index (χ0) is 17.3. The van der Waals surface area contributed by atoms with Crippen LogP contribution in [0.4, 0.5) is 10.5 Å². The molecule has 7 heteroatoms. The highest BCUT2D eigenvalue weighted by Crippen LogP contribution is 2.25.